The maximum absolute atomic E-state index is 12.6. The minimum absolute atomic E-state index is 0.0462. The molecule has 10 radical (unpaired) electrons. The van der Waals surface area contributed by atoms with Gasteiger partial charge < -0.3 is 15.0 Å². The Hall–Kier alpha value is -2.83. The van der Waals surface area contributed by atoms with Gasteiger partial charge in [-0.3, -0.25) is 9.59 Å². The van der Waals surface area contributed by atoms with Crippen molar-refractivity contribution in [1.29, 1.82) is 0 Å². The normalized spacial score (nSPS) is 13.2. The number of H-pyrrole nitrogens is 3. The summed E-state index contributed by atoms with van der Waals surface area (Å²) >= 11 is 0. The number of hydrogen-bond donors (Lipinski definition) is 3. The van der Waals surface area contributed by atoms with Crippen LogP contribution in [-0.2, 0) is 5.41 Å². The van der Waals surface area contributed by atoms with Crippen molar-refractivity contribution in [1.82, 2.24) is 19.9 Å². The topological polar surface area (TPSA) is 94.4 Å². The monoisotopic (exact) mass is 386 g/mol. The minimum Gasteiger partial charge on any atom is -0.348 e. The second-order valence-corrected chi connectivity index (χ2v) is 7.92. The molecule has 2 heterocycles. The third-order valence-electron chi connectivity index (χ3n) is 4.72. The Balaban J connectivity index is 2.23. The lowest BCUT2D eigenvalue weighted by molar-refractivity contribution is 0.571. The maximum atomic E-state index is 12.6. The number of nitrogens with zero attached hydrogens (tertiary/aromatic N) is 1. The van der Waals surface area contributed by atoms with Crippen LogP contribution in [0.3, 0.4) is 0 Å². The number of aromatic nitrogens is 4. The van der Waals surface area contributed by atoms with Crippen LogP contribution in [0.1, 0.15) is 37.7 Å². The van der Waals surface area contributed by atoms with E-state index in [2.05, 4.69) is 19.9 Å². The van der Waals surface area contributed by atoms with Crippen molar-refractivity contribution in [3.8, 4) is 0 Å². The van der Waals surface area contributed by atoms with Gasteiger partial charge in [0.1, 0.15) is 49.9 Å². The molecule has 0 amide bonds. The van der Waals surface area contributed by atoms with Crippen molar-refractivity contribution in [3.05, 3.63) is 54.7 Å². The highest BCUT2D eigenvalue weighted by Crippen LogP contribution is 2.22. The molecule has 3 aromatic rings. The smallest absolute Gasteiger partial charge is 0.272 e. The van der Waals surface area contributed by atoms with Gasteiger partial charge in [-0.1, -0.05) is 31.7 Å². The van der Waals surface area contributed by atoms with E-state index in [1.54, 1.807) is 0 Å². The van der Waals surface area contributed by atoms with Crippen LogP contribution in [0.4, 0.5) is 0 Å². The molecule has 0 aliphatic carbocycles. The number of hydrogen-bond acceptors (Lipinski definition) is 3. The molecule has 0 aliphatic rings. The molecule has 11 heteroatoms. The molecule has 3 N–H and O–H groups in total. The van der Waals surface area contributed by atoms with Gasteiger partial charge in [0.2, 0.25) is 0 Å². The fourth-order valence-corrected chi connectivity index (χ4v) is 3.02. The molecular formula is C19H15B5N4O2. The van der Waals surface area contributed by atoms with Crippen LogP contribution in [-0.4, -0.2) is 59.2 Å². The summed E-state index contributed by atoms with van der Waals surface area (Å²) in [6.45, 7) is 6.01. The quantitative estimate of drug-likeness (QED) is 0.385. The van der Waals surface area contributed by atoms with E-state index in [0.29, 0.717) is 5.69 Å². The van der Waals surface area contributed by atoms with Gasteiger partial charge in [0.05, 0.1) is 12.0 Å². The van der Waals surface area contributed by atoms with Gasteiger partial charge in [0, 0.05) is 11.1 Å². The third kappa shape index (κ3) is 3.93. The minimum atomic E-state index is -0.568. The van der Waals surface area contributed by atoms with Gasteiger partial charge in [-0.15, -0.1) is 16.4 Å². The summed E-state index contributed by atoms with van der Waals surface area (Å²) in [4.78, 5) is 37.5. The Labute approximate surface area is 179 Å². The number of imidazole rings is 1. The summed E-state index contributed by atoms with van der Waals surface area (Å²) in [6.07, 6.45) is 4.33. The van der Waals surface area contributed by atoms with Gasteiger partial charge in [0.25, 0.3) is 11.1 Å². The summed E-state index contributed by atoms with van der Waals surface area (Å²) in [5.41, 5.74) is 0.506. The first-order chi connectivity index (χ1) is 13.9. The SMILES string of the molecule is [B]c1c([B])c([B])c(/C=c2\[nH]c(=O)/c(=C/c3nc[nH]c3C(C)(C)C)[nH]c2=O)c([B])c1[B]. The van der Waals surface area contributed by atoms with Gasteiger partial charge >= 0.3 is 0 Å². The summed E-state index contributed by atoms with van der Waals surface area (Å²) < 4.78 is 0. The molecule has 30 heavy (non-hydrogen) atoms. The van der Waals surface area contributed by atoms with Gasteiger partial charge in [-0.2, -0.15) is 0 Å². The first-order valence-electron chi connectivity index (χ1n) is 9.03. The third-order valence-corrected chi connectivity index (χ3v) is 4.72. The highest BCUT2D eigenvalue weighted by atomic mass is 16.1. The van der Waals surface area contributed by atoms with Crippen molar-refractivity contribution in [2.45, 2.75) is 26.2 Å². The van der Waals surface area contributed by atoms with Crippen molar-refractivity contribution in [2.24, 2.45) is 0 Å². The Kier molecular flexibility index (Phi) is 5.67. The van der Waals surface area contributed by atoms with Crippen molar-refractivity contribution in [3.63, 3.8) is 0 Å². The van der Waals surface area contributed by atoms with E-state index in [1.165, 1.54) is 18.5 Å². The molecule has 6 nitrogen and oxygen atoms in total. The van der Waals surface area contributed by atoms with Crippen LogP contribution in [0.25, 0.3) is 12.2 Å². The van der Waals surface area contributed by atoms with Crippen LogP contribution in [0, 0.1) is 0 Å². The predicted octanol–water partition coefficient (Wildman–Crippen LogP) is -5.29. The summed E-state index contributed by atoms with van der Waals surface area (Å²) in [7, 11) is 29.4. The number of nitrogens with one attached hydrogen (secondary N) is 3. The summed E-state index contributed by atoms with van der Waals surface area (Å²) in [5.74, 6) is 0. The van der Waals surface area contributed by atoms with E-state index in [0.717, 1.165) is 5.69 Å². The molecule has 0 saturated heterocycles. The Morgan fingerprint density at radius 1 is 0.800 bits per heavy atom. The zero-order valence-electron chi connectivity index (χ0n) is 16.9. The summed E-state index contributed by atoms with van der Waals surface area (Å²) in [5, 5.41) is -0.0239. The zero-order valence-corrected chi connectivity index (χ0v) is 16.9. The predicted molar refractivity (Wildman–Crippen MR) is 125 cm³/mol. The first kappa shape index (κ1) is 21.9. The fourth-order valence-electron chi connectivity index (χ4n) is 3.02. The Bertz CT molecular complexity index is 1350. The van der Waals surface area contributed by atoms with Gasteiger partial charge in [-0.25, -0.2) is 4.98 Å². The molecule has 0 fully saturated rings. The first-order valence-corrected chi connectivity index (χ1v) is 9.03. The van der Waals surface area contributed by atoms with Crippen molar-refractivity contribution < 1.29 is 0 Å². The molecule has 0 bridgehead atoms. The second-order valence-electron chi connectivity index (χ2n) is 7.92. The molecule has 3 rings (SSSR count). The lowest BCUT2D eigenvalue weighted by atomic mass is 9.60. The number of rotatable bonds is 2. The average Bonchev–Trinajstić information content (AvgIpc) is 3.14. The molecule has 2 aromatic heterocycles. The molecule has 0 aliphatic heterocycles. The number of benzene rings is 1. The van der Waals surface area contributed by atoms with E-state index in [4.69, 9.17) is 39.2 Å². The van der Waals surface area contributed by atoms with E-state index in [-0.39, 0.29) is 49.0 Å². The zero-order chi connectivity index (χ0) is 22.4. The van der Waals surface area contributed by atoms with Gasteiger partial charge in [-0.05, 0) is 17.7 Å². The van der Waals surface area contributed by atoms with Gasteiger partial charge in [0.15, 0.2) is 0 Å². The summed E-state index contributed by atoms with van der Waals surface area (Å²) in [6, 6.07) is 0. The molecule has 0 spiro atoms. The highest BCUT2D eigenvalue weighted by molar-refractivity contribution is 6.67. The highest BCUT2D eigenvalue weighted by Gasteiger charge is 2.19. The maximum Gasteiger partial charge on any atom is 0.272 e. The number of aromatic amines is 3. The van der Waals surface area contributed by atoms with E-state index in [1.807, 2.05) is 20.8 Å². The van der Waals surface area contributed by atoms with Crippen molar-refractivity contribution in [2.75, 3.05) is 0 Å². The van der Waals surface area contributed by atoms with Crippen LogP contribution in [0.15, 0.2) is 15.9 Å². The second kappa shape index (κ2) is 7.78. The van der Waals surface area contributed by atoms with Crippen LogP contribution in [0.5, 0.6) is 0 Å². The molecule has 0 saturated carbocycles. The largest absolute Gasteiger partial charge is 0.348 e. The molecule has 138 valence electrons. The lowest BCUT2D eigenvalue weighted by Crippen LogP contribution is -2.56. The van der Waals surface area contributed by atoms with Crippen LogP contribution >= 0.6 is 0 Å². The van der Waals surface area contributed by atoms with Crippen LogP contribution < -0.4 is 49.1 Å². The standard InChI is InChI=1S/C19H15B5N4O2/c1-19(2,3)16-8(25-6-26-16)5-10-18(30)27-9(17(29)28-10)4-7-11(20)13(22)15(24)14(23)12(7)21/h4-6H,1-3H3,(H,25,26)(H,27,30)(H,28,29)/b9-4-,10-5-. The van der Waals surface area contributed by atoms with E-state index in [9.17, 15) is 9.59 Å². The molecule has 1 aromatic carbocycles. The molecule has 0 unspecified atom stereocenters. The fraction of sp³-hybridized carbons (Fsp3) is 0.211. The van der Waals surface area contributed by atoms with Crippen LogP contribution in [0.2, 0.25) is 0 Å². The lowest BCUT2D eigenvalue weighted by Gasteiger charge is -2.18. The molecular weight excluding hydrogens is 370 g/mol. The van der Waals surface area contributed by atoms with E-state index >= 15 is 0 Å². The molecule has 0 atom stereocenters. The Morgan fingerprint density at radius 2 is 1.27 bits per heavy atom. The average molecular weight is 385 g/mol. The van der Waals surface area contributed by atoms with Crippen molar-refractivity contribution >= 4 is 78.7 Å². The Morgan fingerprint density at radius 3 is 1.77 bits per heavy atom. The van der Waals surface area contributed by atoms with E-state index < -0.39 is 11.1 Å².